The van der Waals surface area contributed by atoms with Crippen LogP contribution in [0.5, 0.6) is 0 Å². The second-order valence-corrected chi connectivity index (χ2v) is 5.35. The highest BCUT2D eigenvalue weighted by atomic mass is 31.2. The first-order chi connectivity index (χ1) is 4.77. The van der Waals surface area contributed by atoms with E-state index in [1.54, 1.807) is 5.82 Å². The molecule has 10 heavy (non-hydrogen) atoms. The Morgan fingerprint density at radius 2 is 1.60 bits per heavy atom. The summed E-state index contributed by atoms with van der Waals surface area (Å²) in [6.07, 6.45) is 0. The van der Waals surface area contributed by atoms with E-state index in [2.05, 4.69) is 6.58 Å². The van der Waals surface area contributed by atoms with Gasteiger partial charge < -0.3 is 0 Å². The molecule has 2 rings (SSSR count). The third-order valence-corrected chi connectivity index (χ3v) is 4.79. The van der Waals surface area contributed by atoms with Gasteiger partial charge in [0.15, 0.2) is 0 Å². The zero-order valence-corrected chi connectivity index (χ0v) is 6.76. The van der Waals surface area contributed by atoms with Crippen LogP contribution >= 0.6 is 7.44 Å². The van der Waals surface area contributed by atoms with Crippen molar-refractivity contribution in [1.29, 1.82) is 0 Å². The first-order valence-corrected chi connectivity index (χ1v) is 5.20. The Kier molecular flexibility index (Phi) is 1.28. The monoisotopic (exact) mass is 158 g/mol. The van der Waals surface area contributed by atoms with Crippen LogP contribution in [0.25, 0.3) is 0 Å². The van der Waals surface area contributed by atoms with Crippen LogP contribution in [0.1, 0.15) is 0 Å². The van der Waals surface area contributed by atoms with Gasteiger partial charge in [-0.05, 0) is 5.82 Å². The highest BCUT2D eigenvalue weighted by molar-refractivity contribution is 7.62. The summed E-state index contributed by atoms with van der Waals surface area (Å²) in [6.45, 7) is 7.55. The Bertz CT molecular complexity index is 192. The van der Waals surface area contributed by atoms with Crippen LogP contribution in [0.15, 0.2) is 12.4 Å². The largest absolute Gasteiger partial charge is 0.284 e. The molecule has 2 aliphatic heterocycles. The molecule has 2 heterocycles. The van der Waals surface area contributed by atoms with Gasteiger partial charge >= 0.3 is 0 Å². The van der Waals surface area contributed by atoms with Crippen LogP contribution in [0.2, 0.25) is 0 Å². The maximum Gasteiger partial charge on any atom is 0.238 e. The van der Waals surface area contributed by atoms with E-state index in [4.69, 9.17) is 0 Å². The summed E-state index contributed by atoms with van der Waals surface area (Å²) in [4.78, 5) is 0. The molecule has 0 aromatic rings. The maximum absolute atomic E-state index is 11.8. The van der Waals surface area contributed by atoms with Crippen molar-refractivity contribution >= 4 is 7.44 Å². The van der Waals surface area contributed by atoms with Gasteiger partial charge in [0.05, 0.1) is 0 Å². The molecule has 0 aromatic carbocycles. The van der Waals surface area contributed by atoms with Gasteiger partial charge in [-0.3, -0.25) is 4.57 Å². The molecule has 0 amide bonds. The molecule has 0 atom stereocenters. The van der Waals surface area contributed by atoms with Gasteiger partial charge in [0, 0.05) is 26.2 Å². The van der Waals surface area contributed by atoms with Crippen molar-refractivity contribution in [3.8, 4) is 0 Å². The van der Waals surface area contributed by atoms with Gasteiger partial charge in [-0.1, -0.05) is 6.58 Å². The van der Waals surface area contributed by atoms with E-state index in [1.807, 2.05) is 9.34 Å². The van der Waals surface area contributed by atoms with E-state index in [1.165, 1.54) is 0 Å². The zero-order chi connectivity index (χ0) is 7.19. The maximum atomic E-state index is 11.8. The highest BCUT2D eigenvalue weighted by Gasteiger charge is 2.45. The van der Waals surface area contributed by atoms with Crippen LogP contribution in [-0.4, -0.2) is 35.5 Å². The molecule has 2 aliphatic rings. The van der Waals surface area contributed by atoms with Crippen LogP contribution < -0.4 is 0 Å². The standard InChI is InChI=1S/C6H11N2OP/c1-2-10(9,7-3-4-7)8-5-6-8/h2H,1,3-6H2. The van der Waals surface area contributed by atoms with Gasteiger partial charge in [0.25, 0.3) is 0 Å². The van der Waals surface area contributed by atoms with Crippen molar-refractivity contribution < 1.29 is 4.57 Å². The average molecular weight is 158 g/mol. The molecule has 2 fully saturated rings. The number of hydrogen-bond donors (Lipinski definition) is 0. The van der Waals surface area contributed by atoms with E-state index in [-0.39, 0.29) is 0 Å². The fourth-order valence-corrected chi connectivity index (χ4v) is 3.22. The second kappa shape index (κ2) is 1.94. The molecule has 0 aromatic heterocycles. The number of nitrogens with zero attached hydrogens (tertiary/aromatic N) is 2. The fourth-order valence-electron chi connectivity index (χ4n) is 1.07. The van der Waals surface area contributed by atoms with Crippen LogP contribution in [0.4, 0.5) is 0 Å². The fraction of sp³-hybridized carbons (Fsp3) is 0.667. The Morgan fingerprint density at radius 3 is 1.80 bits per heavy atom. The SMILES string of the molecule is C=CP(=O)(N1CC1)N1CC1. The topological polar surface area (TPSA) is 23.1 Å². The van der Waals surface area contributed by atoms with Crippen molar-refractivity contribution in [3.05, 3.63) is 12.4 Å². The molecule has 4 heteroatoms. The number of rotatable bonds is 3. The summed E-state index contributed by atoms with van der Waals surface area (Å²) in [6, 6.07) is 0. The van der Waals surface area contributed by atoms with Crippen molar-refractivity contribution in [3.63, 3.8) is 0 Å². The quantitative estimate of drug-likeness (QED) is 0.451. The summed E-state index contributed by atoms with van der Waals surface area (Å²) in [5.41, 5.74) is 0. The van der Waals surface area contributed by atoms with Gasteiger partial charge in [-0.25, -0.2) is 9.34 Å². The molecule has 0 radical (unpaired) electrons. The van der Waals surface area contributed by atoms with Crippen molar-refractivity contribution in [1.82, 2.24) is 9.34 Å². The molecule has 2 saturated heterocycles. The highest BCUT2D eigenvalue weighted by Crippen LogP contribution is 2.60. The van der Waals surface area contributed by atoms with E-state index in [0.717, 1.165) is 26.2 Å². The van der Waals surface area contributed by atoms with Gasteiger partial charge in [0.2, 0.25) is 7.44 Å². The molecule has 56 valence electrons. The van der Waals surface area contributed by atoms with Crippen LogP contribution in [-0.2, 0) is 4.57 Å². The van der Waals surface area contributed by atoms with Crippen LogP contribution in [0.3, 0.4) is 0 Å². The summed E-state index contributed by atoms with van der Waals surface area (Å²) in [5.74, 6) is 1.62. The molecule has 0 aliphatic carbocycles. The first kappa shape index (κ1) is 6.59. The molecule has 3 nitrogen and oxygen atoms in total. The van der Waals surface area contributed by atoms with Crippen molar-refractivity contribution in [2.75, 3.05) is 26.2 Å². The van der Waals surface area contributed by atoms with Crippen molar-refractivity contribution in [2.45, 2.75) is 0 Å². The van der Waals surface area contributed by atoms with Crippen molar-refractivity contribution in [2.24, 2.45) is 0 Å². The van der Waals surface area contributed by atoms with Gasteiger partial charge in [-0.15, -0.1) is 0 Å². The molecule has 0 spiro atoms. The number of hydrogen-bond acceptors (Lipinski definition) is 1. The first-order valence-electron chi connectivity index (χ1n) is 3.51. The summed E-state index contributed by atoms with van der Waals surface area (Å²) in [7, 11) is -2.19. The molecule has 0 unspecified atom stereocenters. The minimum Gasteiger partial charge on any atom is -0.284 e. The predicted molar refractivity (Wildman–Crippen MR) is 40.9 cm³/mol. The minimum absolute atomic E-state index is 0.986. The molecular weight excluding hydrogens is 147 g/mol. The molecular formula is C6H11N2OP. The van der Waals surface area contributed by atoms with Gasteiger partial charge in [-0.2, -0.15) is 0 Å². The second-order valence-electron chi connectivity index (χ2n) is 2.68. The lowest BCUT2D eigenvalue weighted by Gasteiger charge is -2.14. The summed E-state index contributed by atoms with van der Waals surface area (Å²) in [5, 5.41) is 0. The van der Waals surface area contributed by atoms with Crippen LogP contribution in [0, 0.1) is 0 Å². The lowest BCUT2D eigenvalue weighted by atomic mass is 11.0. The Morgan fingerprint density at radius 1 is 1.20 bits per heavy atom. The zero-order valence-electron chi connectivity index (χ0n) is 5.86. The molecule has 0 N–H and O–H groups in total. The average Bonchev–Trinajstić information content (AvgIpc) is 2.73. The molecule has 0 bridgehead atoms. The normalized spacial score (nSPS) is 26.4. The van der Waals surface area contributed by atoms with Gasteiger partial charge in [0.1, 0.15) is 0 Å². The van der Waals surface area contributed by atoms with E-state index >= 15 is 0 Å². The van der Waals surface area contributed by atoms with E-state index in [0.29, 0.717) is 0 Å². The smallest absolute Gasteiger partial charge is 0.238 e. The lowest BCUT2D eigenvalue weighted by molar-refractivity contribution is 0.528. The summed E-state index contributed by atoms with van der Waals surface area (Å²) < 4.78 is 15.8. The predicted octanol–water partition coefficient (Wildman–Crippen LogP) is 0.954. The summed E-state index contributed by atoms with van der Waals surface area (Å²) >= 11 is 0. The van der Waals surface area contributed by atoms with E-state index in [9.17, 15) is 4.57 Å². The van der Waals surface area contributed by atoms with E-state index < -0.39 is 7.44 Å². The third-order valence-electron chi connectivity index (χ3n) is 1.90. The third kappa shape index (κ3) is 0.858. The Hall–Kier alpha value is -0.110. The minimum atomic E-state index is -2.19. The molecule has 0 saturated carbocycles. The lowest BCUT2D eigenvalue weighted by Crippen LogP contribution is -2.00. The Labute approximate surface area is 60.8 Å². The Balaban J connectivity index is 2.18.